The third kappa shape index (κ3) is 8.02. The molecule has 0 aliphatic heterocycles. The highest BCUT2D eigenvalue weighted by Gasteiger charge is 2.27. The van der Waals surface area contributed by atoms with Crippen LogP contribution in [0.4, 0.5) is 10.1 Å². The molecule has 0 fully saturated rings. The summed E-state index contributed by atoms with van der Waals surface area (Å²) >= 11 is 3.28. The lowest BCUT2D eigenvalue weighted by atomic mass is 10.2. The number of aryl methyl sites for hydroxylation is 1. The van der Waals surface area contributed by atoms with E-state index in [4.69, 9.17) is 0 Å². The van der Waals surface area contributed by atoms with Crippen molar-refractivity contribution >= 4 is 45.1 Å². The molecule has 0 saturated carbocycles. The molecule has 0 spiro atoms. The SMILES string of the molecule is CSc1ccc(S(=O)(=O)N(CC(=O)NCCCSCc2cccc(C)c2)c2cccc(F)c2)cc1. The van der Waals surface area contributed by atoms with Gasteiger partial charge in [-0.05, 0) is 73.4 Å². The Hall–Kier alpha value is -2.49. The minimum Gasteiger partial charge on any atom is -0.354 e. The summed E-state index contributed by atoms with van der Waals surface area (Å²) in [6.45, 7) is 2.06. The zero-order chi connectivity index (χ0) is 25.3. The second-order valence-electron chi connectivity index (χ2n) is 7.91. The van der Waals surface area contributed by atoms with Gasteiger partial charge in [0.05, 0.1) is 10.6 Å². The average Bonchev–Trinajstić information content (AvgIpc) is 2.84. The lowest BCUT2D eigenvalue weighted by molar-refractivity contribution is -0.119. The third-order valence-corrected chi connectivity index (χ3v) is 8.82. The summed E-state index contributed by atoms with van der Waals surface area (Å²) in [7, 11) is -4.07. The van der Waals surface area contributed by atoms with Crippen LogP contribution in [0.25, 0.3) is 0 Å². The predicted octanol–water partition coefficient (Wildman–Crippen LogP) is 5.49. The molecule has 1 N–H and O–H groups in total. The van der Waals surface area contributed by atoms with Crippen LogP contribution >= 0.6 is 23.5 Å². The van der Waals surface area contributed by atoms with E-state index >= 15 is 0 Å². The van der Waals surface area contributed by atoms with Crippen LogP contribution in [0.1, 0.15) is 17.5 Å². The standard InChI is InChI=1S/C26H29FN2O3S3/c1-20-6-3-7-21(16-20)19-34-15-5-14-28-26(30)18-29(23-9-4-8-22(27)17-23)35(31,32)25-12-10-24(33-2)11-13-25/h3-4,6-13,16-17H,5,14-15,18-19H2,1-2H3,(H,28,30). The summed E-state index contributed by atoms with van der Waals surface area (Å²) in [5.74, 6) is 0.743. The van der Waals surface area contributed by atoms with Crippen molar-refractivity contribution in [1.29, 1.82) is 0 Å². The minimum absolute atomic E-state index is 0.0416. The molecule has 186 valence electrons. The number of carbonyl (C=O) groups is 1. The molecule has 0 heterocycles. The summed E-state index contributed by atoms with van der Waals surface area (Å²) < 4.78 is 41.6. The van der Waals surface area contributed by atoms with Gasteiger partial charge in [0, 0.05) is 17.2 Å². The van der Waals surface area contributed by atoms with E-state index in [2.05, 4.69) is 30.4 Å². The van der Waals surface area contributed by atoms with E-state index in [1.54, 1.807) is 23.9 Å². The molecule has 0 aliphatic rings. The molecule has 0 saturated heterocycles. The number of rotatable bonds is 12. The number of hydrogen-bond donors (Lipinski definition) is 1. The van der Waals surface area contributed by atoms with Gasteiger partial charge >= 0.3 is 0 Å². The van der Waals surface area contributed by atoms with Gasteiger partial charge in [-0.3, -0.25) is 9.10 Å². The van der Waals surface area contributed by atoms with Crippen LogP contribution < -0.4 is 9.62 Å². The van der Waals surface area contributed by atoms with E-state index in [0.717, 1.165) is 33.2 Å². The van der Waals surface area contributed by atoms with Gasteiger partial charge < -0.3 is 5.32 Å². The third-order valence-electron chi connectivity index (χ3n) is 5.17. The van der Waals surface area contributed by atoms with Gasteiger partial charge in [-0.25, -0.2) is 12.8 Å². The first-order valence-corrected chi connectivity index (χ1v) is 14.9. The molecule has 3 rings (SSSR count). The molecule has 0 radical (unpaired) electrons. The number of carbonyl (C=O) groups excluding carboxylic acids is 1. The molecule has 0 bridgehead atoms. The maximum Gasteiger partial charge on any atom is 0.264 e. The molecule has 3 aromatic rings. The maximum atomic E-state index is 13.9. The molecule has 9 heteroatoms. The zero-order valence-corrected chi connectivity index (χ0v) is 22.2. The summed E-state index contributed by atoms with van der Waals surface area (Å²) in [6, 6.07) is 20.0. The summed E-state index contributed by atoms with van der Waals surface area (Å²) in [5, 5.41) is 2.79. The Labute approximate surface area is 215 Å². The molecular weight excluding hydrogens is 503 g/mol. The van der Waals surface area contributed by atoms with Gasteiger partial charge in [0.15, 0.2) is 0 Å². The molecule has 0 aliphatic carbocycles. The highest BCUT2D eigenvalue weighted by molar-refractivity contribution is 7.98. The number of thioether (sulfide) groups is 2. The summed E-state index contributed by atoms with van der Waals surface area (Å²) in [4.78, 5) is 13.6. The number of nitrogens with one attached hydrogen (secondary N) is 1. The van der Waals surface area contributed by atoms with Gasteiger partial charge in [0.1, 0.15) is 12.4 Å². The normalized spacial score (nSPS) is 11.3. The van der Waals surface area contributed by atoms with Crippen molar-refractivity contribution in [3.8, 4) is 0 Å². The quantitative estimate of drug-likeness (QED) is 0.247. The van der Waals surface area contributed by atoms with Crippen LogP contribution in [0.15, 0.2) is 82.6 Å². The van der Waals surface area contributed by atoms with E-state index in [-0.39, 0.29) is 10.6 Å². The topological polar surface area (TPSA) is 66.5 Å². The Kier molecular flexibility index (Phi) is 10.1. The number of benzene rings is 3. The fraction of sp³-hybridized carbons (Fsp3) is 0.269. The second-order valence-corrected chi connectivity index (χ2v) is 11.8. The number of nitrogens with zero attached hydrogens (tertiary/aromatic N) is 1. The maximum absolute atomic E-state index is 13.9. The minimum atomic E-state index is -4.07. The number of halogens is 1. The summed E-state index contributed by atoms with van der Waals surface area (Å²) in [5.41, 5.74) is 2.59. The lowest BCUT2D eigenvalue weighted by Gasteiger charge is -2.24. The highest BCUT2D eigenvalue weighted by atomic mass is 32.2. The number of anilines is 1. The van der Waals surface area contributed by atoms with Crippen LogP contribution in [0.3, 0.4) is 0 Å². The Bertz CT molecular complexity index is 1230. The average molecular weight is 533 g/mol. The summed E-state index contributed by atoms with van der Waals surface area (Å²) in [6.07, 6.45) is 2.65. The van der Waals surface area contributed by atoms with Crippen LogP contribution in [0.2, 0.25) is 0 Å². The Morgan fingerprint density at radius 2 is 1.77 bits per heavy atom. The van der Waals surface area contributed by atoms with Crippen molar-refractivity contribution in [2.75, 3.05) is 29.4 Å². The Balaban J connectivity index is 1.60. The lowest BCUT2D eigenvalue weighted by Crippen LogP contribution is -2.41. The van der Waals surface area contributed by atoms with Crippen LogP contribution in [-0.2, 0) is 20.6 Å². The molecule has 35 heavy (non-hydrogen) atoms. The molecule has 3 aromatic carbocycles. The van der Waals surface area contributed by atoms with Gasteiger partial charge in [0.2, 0.25) is 5.91 Å². The highest BCUT2D eigenvalue weighted by Crippen LogP contribution is 2.26. The van der Waals surface area contributed by atoms with Crippen molar-refractivity contribution in [2.45, 2.75) is 28.9 Å². The molecule has 0 aromatic heterocycles. The molecule has 0 unspecified atom stereocenters. The monoisotopic (exact) mass is 532 g/mol. The second kappa shape index (κ2) is 13.0. The number of sulfonamides is 1. The van der Waals surface area contributed by atoms with Crippen molar-refractivity contribution in [3.05, 3.63) is 89.7 Å². The van der Waals surface area contributed by atoms with Crippen LogP contribution in [0, 0.1) is 12.7 Å². The first-order chi connectivity index (χ1) is 16.8. The van der Waals surface area contributed by atoms with Crippen molar-refractivity contribution in [1.82, 2.24) is 5.32 Å². The Morgan fingerprint density at radius 3 is 2.46 bits per heavy atom. The van der Waals surface area contributed by atoms with Crippen LogP contribution in [-0.4, -0.2) is 39.4 Å². The van der Waals surface area contributed by atoms with E-state index in [1.165, 1.54) is 53.2 Å². The van der Waals surface area contributed by atoms with Gasteiger partial charge in [-0.2, -0.15) is 11.8 Å². The van der Waals surface area contributed by atoms with Crippen molar-refractivity contribution in [2.24, 2.45) is 0 Å². The van der Waals surface area contributed by atoms with Crippen molar-refractivity contribution < 1.29 is 17.6 Å². The zero-order valence-electron chi connectivity index (χ0n) is 19.7. The number of hydrogen-bond acceptors (Lipinski definition) is 5. The van der Waals surface area contributed by atoms with E-state index in [1.807, 2.05) is 12.3 Å². The molecule has 5 nitrogen and oxygen atoms in total. The fourth-order valence-electron chi connectivity index (χ4n) is 3.40. The first-order valence-electron chi connectivity index (χ1n) is 11.1. The fourth-order valence-corrected chi connectivity index (χ4v) is 6.13. The van der Waals surface area contributed by atoms with Gasteiger partial charge in [0.25, 0.3) is 10.0 Å². The van der Waals surface area contributed by atoms with E-state index in [0.29, 0.717) is 6.54 Å². The predicted molar refractivity (Wildman–Crippen MR) is 144 cm³/mol. The van der Waals surface area contributed by atoms with Gasteiger partial charge in [-0.1, -0.05) is 35.9 Å². The van der Waals surface area contributed by atoms with Crippen molar-refractivity contribution in [3.63, 3.8) is 0 Å². The number of amides is 1. The van der Waals surface area contributed by atoms with Crippen LogP contribution in [0.5, 0.6) is 0 Å². The molecule has 1 amide bonds. The van der Waals surface area contributed by atoms with E-state index in [9.17, 15) is 17.6 Å². The first kappa shape index (κ1) is 27.1. The molecular formula is C26H29FN2O3S3. The Morgan fingerprint density at radius 1 is 1.03 bits per heavy atom. The molecule has 0 atom stereocenters. The largest absolute Gasteiger partial charge is 0.354 e. The van der Waals surface area contributed by atoms with E-state index < -0.39 is 28.3 Å². The van der Waals surface area contributed by atoms with Gasteiger partial charge in [-0.15, -0.1) is 11.8 Å². The smallest absolute Gasteiger partial charge is 0.264 e.